The van der Waals surface area contributed by atoms with Crippen molar-refractivity contribution in [3.05, 3.63) is 51.6 Å². The minimum atomic E-state index is -0.378. The molecule has 1 aromatic rings. The number of likely N-dealkylation sites (tertiary alicyclic amines) is 1. The second kappa shape index (κ2) is 8.14. The highest BCUT2D eigenvalue weighted by Crippen LogP contribution is 2.34. The van der Waals surface area contributed by atoms with Crippen molar-refractivity contribution in [3.8, 4) is 0 Å². The van der Waals surface area contributed by atoms with Gasteiger partial charge in [0.25, 0.3) is 5.91 Å². The minimum absolute atomic E-state index is 0.0256. The number of nitrogens with one attached hydrogen (secondary N) is 1. The Balaban J connectivity index is 1.40. The van der Waals surface area contributed by atoms with Crippen LogP contribution in [-0.4, -0.2) is 51.4 Å². The predicted octanol–water partition coefficient (Wildman–Crippen LogP) is 3.47. The first-order valence-corrected chi connectivity index (χ1v) is 10.3. The molecule has 2 aliphatic heterocycles. The van der Waals surface area contributed by atoms with Crippen LogP contribution in [0.4, 0.5) is 4.39 Å². The van der Waals surface area contributed by atoms with Crippen LogP contribution in [0.1, 0.15) is 47.9 Å². The van der Waals surface area contributed by atoms with E-state index in [0.29, 0.717) is 50.6 Å². The minimum Gasteiger partial charge on any atom is -0.337 e. The molecule has 3 heterocycles. The van der Waals surface area contributed by atoms with Gasteiger partial charge in [-0.3, -0.25) is 14.7 Å². The van der Waals surface area contributed by atoms with Crippen molar-refractivity contribution in [1.29, 1.82) is 0 Å². The van der Waals surface area contributed by atoms with Crippen LogP contribution in [0.15, 0.2) is 34.7 Å². The Hall–Kier alpha value is -2.41. The first-order chi connectivity index (χ1) is 13.9. The van der Waals surface area contributed by atoms with Crippen LogP contribution in [-0.2, 0) is 17.8 Å². The van der Waals surface area contributed by atoms with Gasteiger partial charge in [-0.25, -0.2) is 4.39 Å². The summed E-state index contributed by atoms with van der Waals surface area (Å²) in [7, 11) is 0. The average molecular weight is 419 g/mol. The van der Waals surface area contributed by atoms with Crippen molar-refractivity contribution in [1.82, 2.24) is 20.0 Å². The van der Waals surface area contributed by atoms with Gasteiger partial charge in [-0.05, 0) is 31.3 Å². The third-order valence-electron chi connectivity index (χ3n) is 6.06. The number of aromatic nitrogens is 2. The fourth-order valence-corrected chi connectivity index (χ4v) is 4.53. The molecule has 3 aliphatic rings. The third-order valence-corrected chi connectivity index (χ3v) is 6.37. The molecule has 29 heavy (non-hydrogen) atoms. The second-order valence-corrected chi connectivity index (χ2v) is 8.27. The number of amides is 2. The molecule has 1 aromatic heterocycles. The lowest BCUT2D eigenvalue weighted by molar-refractivity contribution is -0.129. The van der Waals surface area contributed by atoms with E-state index < -0.39 is 0 Å². The maximum absolute atomic E-state index is 13.7. The standard InChI is InChI=1S/C21H24ClFN4O2/c1-13(28)27-10-7-16-19(12-27)24-25-20(16)21(29)26-8-5-14(6-9-26)15-3-2-4-18(23)17(22)11-15/h2-4,14H,5-12H2,1H3,(H,24,25). The van der Waals surface area contributed by atoms with Gasteiger partial charge in [0.15, 0.2) is 5.69 Å². The summed E-state index contributed by atoms with van der Waals surface area (Å²) < 4.78 is 13.7. The number of H-pyrrole nitrogens is 1. The number of carbonyl (C=O) groups is 2. The number of rotatable bonds is 2. The molecule has 1 aliphatic carbocycles. The highest BCUT2D eigenvalue weighted by Gasteiger charge is 2.31. The van der Waals surface area contributed by atoms with Crippen LogP contribution >= 0.6 is 11.6 Å². The summed E-state index contributed by atoms with van der Waals surface area (Å²) in [5.41, 5.74) is 3.38. The Labute approximate surface area is 174 Å². The largest absolute Gasteiger partial charge is 0.337 e. The molecule has 2 amide bonds. The molecule has 0 unspecified atom stereocenters. The maximum atomic E-state index is 13.7. The maximum Gasteiger partial charge on any atom is 0.274 e. The number of fused-ring (bicyclic) bond motifs is 1. The Bertz CT molecular complexity index is 925. The van der Waals surface area contributed by atoms with E-state index in [9.17, 15) is 14.0 Å². The van der Waals surface area contributed by atoms with E-state index >= 15 is 0 Å². The first kappa shape index (κ1) is 19.9. The smallest absolute Gasteiger partial charge is 0.274 e. The van der Waals surface area contributed by atoms with Crippen molar-refractivity contribution in [3.63, 3.8) is 0 Å². The SMILES string of the molecule is CC(=O)N1CCc2c(C(=O)N3CCC(C4=CC=CC(F)=C(Cl)C4)CC3)n[nH]c2C1. The zero-order valence-corrected chi connectivity index (χ0v) is 17.1. The molecule has 6 nitrogen and oxygen atoms in total. The molecule has 154 valence electrons. The molecule has 0 atom stereocenters. The molecular formula is C21H24ClFN4O2. The highest BCUT2D eigenvalue weighted by atomic mass is 35.5. The molecule has 0 radical (unpaired) electrons. The van der Waals surface area contributed by atoms with Gasteiger partial charge in [0.2, 0.25) is 5.91 Å². The molecule has 1 N–H and O–H groups in total. The van der Waals surface area contributed by atoms with Gasteiger partial charge < -0.3 is 9.80 Å². The van der Waals surface area contributed by atoms with Gasteiger partial charge in [-0.2, -0.15) is 5.10 Å². The molecule has 8 heteroatoms. The van der Waals surface area contributed by atoms with Crippen molar-refractivity contribution in [2.75, 3.05) is 19.6 Å². The molecular weight excluding hydrogens is 395 g/mol. The van der Waals surface area contributed by atoms with Gasteiger partial charge in [-0.1, -0.05) is 29.3 Å². The molecule has 4 rings (SSSR count). The van der Waals surface area contributed by atoms with Crippen molar-refractivity contribution in [2.24, 2.45) is 5.92 Å². The van der Waals surface area contributed by atoms with Crippen LogP contribution in [0.2, 0.25) is 0 Å². The summed E-state index contributed by atoms with van der Waals surface area (Å²) in [4.78, 5) is 28.2. The monoisotopic (exact) mass is 418 g/mol. The van der Waals surface area contributed by atoms with Gasteiger partial charge in [0.05, 0.1) is 17.3 Å². The van der Waals surface area contributed by atoms with Gasteiger partial charge >= 0.3 is 0 Å². The number of hydrogen-bond donors (Lipinski definition) is 1. The molecule has 0 saturated carbocycles. The number of allylic oxidation sites excluding steroid dienone is 6. The Kier molecular flexibility index (Phi) is 5.58. The highest BCUT2D eigenvalue weighted by molar-refractivity contribution is 6.30. The van der Waals surface area contributed by atoms with Gasteiger partial charge in [0.1, 0.15) is 5.83 Å². The summed E-state index contributed by atoms with van der Waals surface area (Å²) in [6, 6.07) is 0. The Morgan fingerprint density at radius 2 is 2.00 bits per heavy atom. The summed E-state index contributed by atoms with van der Waals surface area (Å²) in [6.07, 6.45) is 7.75. The van der Waals surface area contributed by atoms with Crippen molar-refractivity contribution in [2.45, 2.75) is 39.2 Å². The third kappa shape index (κ3) is 4.01. The molecule has 0 bridgehead atoms. The summed E-state index contributed by atoms with van der Waals surface area (Å²) in [6.45, 7) is 3.90. The fraction of sp³-hybridized carbons (Fsp3) is 0.476. The molecule has 0 aromatic carbocycles. The Morgan fingerprint density at radius 1 is 1.24 bits per heavy atom. The van der Waals surface area contributed by atoms with E-state index in [-0.39, 0.29) is 22.7 Å². The van der Waals surface area contributed by atoms with Crippen LogP contribution < -0.4 is 0 Å². The number of nitrogens with zero attached hydrogens (tertiary/aromatic N) is 3. The fourth-order valence-electron chi connectivity index (χ4n) is 4.32. The molecule has 1 fully saturated rings. The van der Waals surface area contributed by atoms with E-state index in [2.05, 4.69) is 10.2 Å². The zero-order chi connectivity index (χ0) is 20.5. The van der Waals surface area contributed by atoms with Crippen LogP contribution in [0.5, 0.6) is 0 Å². The number of carbonyl (C=O) groups excluding carboxylic acids is 2. The van der Waals surface area contributed by atoms with Crippen LogP contribution in [0.25, 0.3) is 0 Å². The Morgan fingerprint density at radius 3 is 2.72 bits per heavy atom. The lowest BCUT2D eigenvalue weighted by atomic mass is 9.87. The lowest BCUT2D eigenvalue weighted by Gasteiger charge is -2.33. The average Bonchev–Trinajstić information content (AvgIpc) is 3.07. The molecule has 1 saturated heterocycles. The van der Waals surface area contributed by atoms with Crippen LogP contribution in [0, 0.1) is 5.92 Å². The quantitative estimate of drug-likeness (QED) is 0.799. The zero-order valence-electron chi connectivity index (χ0n) is 16.4. The van der Waals surface area contributed by atoms with E-state index in [1.165, 1.54) is 6.08 Å². The van der Waals surface area contributed by atoms with E-state index in [1.54, 1.807) is 17.9 Å². The topological polar surface area (TPSA) is 69.3 Å². The summed E-state index contributed by atoms with van der Waals surface area (Å²) >= 11 is 6.04. The molecule has 0 spiro atoms. The van der Waals surface area contributed by atoms with E-state index in [0.717, 1.165) is 29.7 Å². The lowest BCUT2D eigenvalue weighted by Crippen LogP contribution is -2.40. The number of piperidine rings is 1. The number of aromatic amines is 1. The first-order valence-electron chi connectivity index (χ1n) is 9.96. The van der Waals surface area contributed by atoms with Gasteiger partial charge in [0, 0.05) is 38.5 Å². The van der Waals surface area contributed by atoms with Crippen molar-refractivity contribution >= 4 is 23.4 Å². The second-order valence-electron chi connectivity index (χ2n) is 7.82. The summed E-state index contributed by atoms with van der Waals surface area (Å²) in [5, 5.41) is 7.45. The van der Waals surface area contributed by atoms with Gasteiger partial charge in [-0.15, -0.1) is 0 Å². The predicted molar refractivity (Wildman–Crippen MR) is 108 cm³/mol. The van der Waals surface area contributed by atoms with Crippen LogP contribution in [0.3, 0.4) is 0 Å². The number of hydrogen-bond acceptors (Lipinski definition) is 3. The number of halogens is 2. The van der Waals surface area contributed by atoms with Crippen molar-refractivity contribution < 1.29 is 14.0 Å². The summed E-state index contributed by atoms with van der Waals surface area (Å²) in [5.74, 6) is -0.119. The van der Waals surface area contributed by atoms with E-state index in [1.807, 2.05) is 11.0 Å². The normalized spacial score (nSPS) is 20.4. The van der Waals surface area contributed by atoms with E-state index in [4.69, 9.17) is 11.6 Å².